The summed E-state index contributed by atoms with van der Waals surface area (Å²) in [6, 6.07) is 12.3. The third kappa shape index (κ3) is 4.25. The van der Waals surface area contributed by atoms with Gasteiger partial charge < -0.3 is 15.0 Å². The van der Waals surface area contributed by atoms with Gasteiger partial charge in [0.2, 0.25) is 0 Å². The van der Waals surface area contributed by atoms with Gasteiger partial charge in [0.25, 0.3) is 11.8 Å². The van der Waals surface area contributed by atoms with Crippen molar-refractivity contribution in [3.63, 3.8) is 0 Å². The van der Waals surface area contributed by atoms with Gasteiger partial charge in [0.15, 0.2) is 0 Å². The van der Waals surface area contributed by atoms with E-state index in [1.165, 1.54) is 0 Å². The summed E-state index contributed by atoms with van der Waals surface area (Å²) >= 11 is 3.38. The Labute approximate surface area is 161 Å². The fourth-order valence-electron chi connectivity index (χ4n) is 2.96. The highest BCUT2D eigenvalue weighted by Crippen LogP contribution is 2.24. The number of benzene rings is 2. The summed E-state index contributed by atoms with van der Waals surface area (Å²) in [5.74, 6) is 0.327. The van der Waals surface area contributed by atoms with Crippen LogP contribution in [-0.2, 0) is 0 Å². The molecule has 0 bridgehead atoms. The molecule has 0 unspecified atom stereocenters. The standard InChI is InChI=1S/C20H21BrN2O3/c1-2-26-18-10-7-15(21)13-17(18)19(24)22-16-8-5-14(6-9-16)20(25)23-11-3-4-12-23/h5-10,13H,2-4,11-12H2,1H3,(H,22,24). The monoisotopic (exact) mass is 416 g/mol. The maximum atomic E-state index is 12.6. The maximum Gasteiger partial charge on any atom is 0.259 e. The van der Waals surface area contributed by atoms with Crippen LogP contribution in [-0.4, -0.2) is 36.4 Å². The number of rotatable bonds is 5. The van der Waals surface area contributed by atoms with E-state index in [0.29, 0.717) is 29.2 Å². The first-order valence-corrected chi connectivity index (χ1v) is 9.51. The number of hydrogen-bond acceptors (Lipinski definition) is 3. The van der Waals surface area contributed by atoms with Crippen LogP contribution < -0.4 is 10.1 Å². The number of anilines is 1. The van der Waals surface area contributed by atoms with Crippen molar-refractivity contribution < 1.29 is 14.3 Å². The van der Waals surface area contributed by atoms with E-state index in [9.17, 15) is 9.59 Å². The van der Waals surface area contributed by atoms with E-state index < -0.39 is 0 Å². The maximum absolute atomic E-state index is 12.6. The van der Waals surface area contributed by atoms with Crippen molar-refractivity contribution in [3.8, 4) is 5.75 Å². The number of nitrogens with one attached hydrogen (secondary N) is 1. The Morgan fingerprint density at radius 1 is 1.12 bits per heavy atom. The molecule has 6 heteroatoms. The molecule has 1 N–H and O–H groups in total. The minimum atomic E-state index is -0.256. The molecule has 1 fully saturated rings. The third-order valence-corrected chi connectivity index (χ3v) is 4.76. The number of amides is 2. The van der Waals surface area contributed by atoms with Crippen LogP contribution in [0.3, 0.4) is 0 Å². The van der Waals surface area contributed by atoms with Gasteiger partial charge in [-0.3, -0.25) is 9.59 Å². The zero-order valence-corrected chi connectivity index (χ0v) is 16.2. The SMILES string of the molecule is CCOc1ccc(Br)cc1C(=O)Nc1ccc(C(=O)N2CCCC2)cc1. The van der Waals surface area contributed by atoms with Crippen molar-refractivity contribution >= 4 is 33.4 Å². The topological polar surface area (TPSA) is 58.6 Å². The van der Waals surface area contributed by atoms with Crippen LogP contribution >= 0.6 is 15.9 Å². The molecule has 0 aromatic heterocycles. The molecule has 2 aromatic rings. The van der Waals surface area contributed by atoms with Gasteiger partial charge in [0.1, 0.15) is 5.75 Å². The highest BCUT2D eigenvalue weighted by atomic mass is 79.9. The van der Waals surface area contributed by atoms with Crippen LogP contribution in [0, 0.1) is 0 Å². The van der Waals surface area contributed by atoms with Crippen LogP contribution in [0.1, 0.15) is 40.5 Å². The minimum Gasteiger partial charge on any atom is -0.493 e. The van der Waals surface area contributed by atoms with Gasteiger partial charge in [0, 0.05) is 28.8 Å². The summed E-state index contributed by atoms with van der Waals surface area (Å²) in [6.07, 6.45) is 2.13. The molecule has 2 amide bonds. The fourth-order valence-corrected chi connectivity index (χ4v) is 3.32. The summed E-state index contributed by atoms with van der Waals surface area (Å²) in [6.45, 7) is 4.00. The zero-order chi connectivity index (χ0) is 18.5. The van der Waals surface area contributed by atoms with Crippen LogP contribution in [0.5, 0.6) is 5.75 Å². The van der Waals surface area contributed by atoms with Gasteiger partial charge in [-0.1, -0.05) is 15.9 Å². The average Bonchev–Trinajstić information content (AvgIpc) is 3.18. The molecule has 1 aliphatic rings. The quantitative estimate of drug-likeness (QED) is 0.788. The highest BCUT2D eigenvalue weighted by Gasteiger charge is 2.19. The molecular formula is C20H21BrN2O3. The van der Waals surface area contributed by atoms with E-state index in [4.69, 9.17) is 4.74 Å². The van der Waals surface area contributed by atoms with E-state index in [2.05, 4.69) is 21.2 Å². The van der Waals surface area contributed by atoms with Crippen molar-refractivity contribution in [1.29, 1.82) is 0 Å². The first kappa shape index (κ1) is 18.5. The van der Waals surface area contributed by atoms with E-state index in [1.807, 2.05) is 17.9 Å². The summed E-state index contributed by atoms with van der Waals surface area (Å²) in [5, 5.41) is 2.86. The summed E-state index contributed by atoms with van der Waals surface area (Å²) in [7, 11) is 0. The molecule has 0 spiro atoms. The van der Waals surface area contributed by atoms with E-state index >= 15 is 0 Å². The highest BCUT2D eigenvalue weighted by molar-refractivity contribution is 9.10. The molecule has 3 rings (SSSR count). The number of carbonyl (C=O) groups is 2. The average molecular weight is 417 g/mol. The summed E-state index contributed by atoms with van der Waals surface area (Å²) in [4.78, 5) is 26.8. The second-order valence-corrected chi connectivity index (χ2v) is 7.02. The molecule has 136 valence electrons. The van der Waals surface area contributed by atoms with E-state index in [-0.39, 0.29) is 11.8 Å². The van der Waals surface area contributed by atoms with E-state index in [0.717, 1.165) is 30.4 Å². The second-order valence-electron chi connectivity index (χ2n) is 6.10. The number of carbonyl (C=O) groups excluding carboxylic acids is 2. The van der Waals surface area contributed by atoms with Crippen molar-refractivity contribution in [3.05, 3.63) is 58.1 Å². The Morgan fingerprint density at radius 3 is 2.46 bits per heavy atom. The van der Waals surface area contributed by atoms with Gasteiger partial charge in [0.05, 0.1) is 12.2 Å². The third-order valence-electron chi connectivity index (χ3n) is 4.27. The molecule has 2 aromatic carbocycles. The van der Waals surface area contributed by atoms with Crippen LogP contribution in [0.4, 0.5) is 5.69 Å². The van der Waals surface area contributed by atoms with Gasteiger partial charge >= 0.3 is 0 Å². The molecule has 26 heavy (non-hydrogen) atoms. The van der Waals surface area contributed by atoms with Crippen LogP contribution in [0.2, 0.25) is 0 Å². The molecule has 1 aliphatic heterocycles. The number of likely N-dealkylation sites (tertiary alicyclic amines) is 1. The van der Waals surface area contributed by atoms with Gasteiger partial charge in [-0.05, 0) is 62.2 Å². The van der Waals surface area contributed by atoms with Gasteiger partial charge in [-0.2, -0.15) is 0 Å². The van der Waals surface area contributed by atoms with Crippen molar-refractivity contribution in [2.75, 3.05) is 25.0 Å². The Hall–Kier alpha value is -2.34. The molecule has 0 saturated carbocycles. The molecule has 5 nitrogen and oxygen atoms in total. The molecular weight excluding hydrogens is 396 g/mol. The smallest absolute Gasteiger partial charge is 0.259 e. The van der Waals surface area contributed by atoms with Crippen LogP contribution in [0.25, 0.3) is 0 Å². The first-order valence-electron chi connectivity index (χ1n) is 8.71. The lowest BCUT2D eigenvalue weighted by atomic mass is 10.1. The lowest BCUT2D eigenvalue weighted by Gasteiger charge is -2.15. The Balaban J connectivity index is 1.72. The Morgan fingerprint density at radius 2 is 1.81 bits per heavy atom. The Bertz CT molecular complexity index is 799. The molecule has 0 radical (unpaired) electrons. The predicted molar refractivity (Wildman–Crippen MR) is 105 cm³/mol. The molecule has 0 aliphatic carbocycles. The number of ether oxygens (including phenoxy) is 1. The van der Waals surface area contributed by atoms with E-state index in [1.54, 1.807) is 36.4 Å². The number of halogens is 1. The largest absolute Gasteiger partial charge is 0.493 e. The first-order chi connectivity index (χ1) is 12.6. The van der Waals surface area contributed by atoms with Gasteiger partial charge in [-0.25, -0.2) is 0 Å². The van der Waals surface area contributed by atoms with Crippen molar-refractivity contribution in [2.45, 2.75) is 19.8 Å². The lowest BCUT2D eigenvalue weighted by molar-refractivity contribution is 0.0792. The second kappa shape index (κ2) is 8.36. The molecule has 1 heterocycles. The molecule has 0 atom stereocenters. The number of hydrogen-bond donors (Lipinski definition) is 1. The van der Waals surface area contributed by atoms with Crippen molar-refractivity contribution in [1.82, 2.24) is 4.90 Å². The fraction of sp³-hybridized carbons (Fsp3) is 0.300. The molecule has 1 saturated heterocycles. The van der Waals surface area contributed by atoms with Gasteiger partial charge in [-0.15, -0.1) is 0 Å². The summed E-state index contributed by atoms with van der Waals surface area (Å²) < 4.78 is 6.33. The normalized spacial score (nSPS) is 13.5. The number of nitrogens with zero attached hydrogens (tertiary/aromatic N) is 1. The lowest BCUT2D eigenvalue weighted by Crippen LogP contribution is -2.27. The predicted octanol–water partition coefficient (Wildman–Crippen LogP) is 4.34. The Kier molecular flexibility index (Phi) is 5.93. The van der Waals surface area contributed by atoms with Crippen molar-refractivity contribution in [2.24, 2.45) is 0 Å². The summed E-state index contributed by atoms with van der Waals surface area (Å²) in [5.41, 5.74) is 1.73. The minimum absolute atomic E-state index is 0.0472. The zero-order valence-electron chi connectivity index (χ0n) is 14.6. The van der Waals surface area contributed by atoms with Crippen LogP contribution in [0.15, 0.2) is 46.9 Å².